The van der Waals surface area contributed by atoms with Crippen molar-refractivity contribution in [2.45, 2.75) is 32.1 Å². The molecule has 2 fully saturated rings. The molecular formula is C15H17NO4. The molecule has 0 bridgehead atoms. The van der Waals surface area contributed by atoms with E-state index in [1.54, 1.807) is 0 Å². The van der Waals surface area contributed by atoms with Crippen LogP contribution in [0.3, 0.4) is 0 Å². The molecule has 1 aliphatic carbocycles. The molecule has 1 aromatic carbocycles. The second-order valence-corrected chi connectivity index (χ2v) is 5.45. The van der Waals surface area contributed by atoms with Gasteiger partial charge >= 0.3 is 12.1 Å². The summed E-state index contributed by atoms with van der Waals surface area (Å²) in [6.07, 6.45) is 0.0349. The molecule has 3 rings (SSSR count). The predicted octanol–water partition coefficient (Wildman–Crippen LogP) is 1.86. The lowest BCUT2D eigenvalue weighted by Gasteiger charge is -2.15. The van der Waals surface area contributed by atoms with Crippen LogP contribution >= 0.6 is 0 Å². The molecule has 2 aliphatic rings. The molecular weight excluding hydrogens is 258 g/mol. The zero-order valence-corrected chi connectivity index (χ0v) is 11.2. The first-order chi connectivity index (χ1) is 9.65. The number of hydrogen-bond donors (Lipinski definition) is 1. The van der Waals surface area contributed by atoms with Crippen molar-refractivity contribution in [3.63, 3.8) is 0 Å². The van der Waals surface area contributed by atoms with Crippen LogP contribution < -0.4 is 5.32 Å². The van der Waals surface area contributed by atoms with Crippen LogP contribution in [0.15, 0.2) is 30.3 Å². The van der Waals surface area contributed by atoms with Crippen molar-refractivity contribution in [2.75, 3.05) is 0 Å². The van der Waals surface area contributed by atoms with Gasteiger partial charge in [-0.15, -0.1) is 0 Å². The van der Waals surface area contributed by atoms with Crippen molar-refractivity contribution in [2.24, 2.45) is 11.8 Å². The van der Waals surface area contributed by atoms with Gasteiger partial charge in [-0.25, -0.2) is 4.79 Å². The fourth-order valence-corrected chi connectivity index (χ4v) is 3.01. The molecule has 5 nitrogen and oxygen atoms in total. The average Bonchev–Trinajstić information content (AvgIpc) is 2.97. The van der Waals surface area contributed by atoms with Gasteiger partial charge < -0.3 is 14.8 Å². The number of carbonyl (C=O) groups is 2. The van der Waals surface area contributed by atoms with Crippen LogP contribution in [-0.4, -0.2) is 24.2 Å². The van der Waals surface area contributed by atoms with E-state index in [0.29, 0.717) is 6.42 Å². The molecule has 1 heterocycles. The molecule has 20 heavy (non-hydrogen) atoms. The average molecular weight is 275 g/mol. The van der Waals surface area contributed by atoms with E-state index in [1.165, 1.54) is 0 Å². The largest absolute Gasteiger partial charge is 0.461 e. The Morgan fingerprint density at radius 2 is 2.15 bits per heavy atom. The van der Waals surface area contributed by atoms with Crippen LogP contribution in [0, 0.1) is 11.8 Å². The van der Waals surface area contributed by atoms with Gasteiger partial charge in [-0.05, 0) is 17.9 Å². The second-order valence-electron chi connectivity index (χ2n) is 5.45. The molecule has 1 aliphatic heterocycles. The number of nitrogens with one attached hydrogen (secondary N) is 1. The molecule has 1 saturated heterocycles. The predicted molar refractivity (Wildman–Crippen MR) is 70.7 cm³/mol. The Kier molecular flexibility index (Phi) is 3.34. The maximum atomic E-state index is 12.2. The summed E-state index contributed by atoms with van der Waals surface area (Å²) in [5.74, 6) is -0.405. The van der Waals surface area contributed by atoms with E-state index >= 15 is 0 Å². The highest BCUT2D eigenvalue weighted by atomic mass is 16.6. The van der Waals surface area contributed by atoms with Gasteiger partial charge in [-0.3, -0.25) is 4.79 Å². The van der Waals surface area contributed by atoms with Gasteiger partial charge in [0.25, 0.3) is 0 Å². The molecule has 5 heteroatoms. The van der Waals surface area contributed by atoms with E-state index in [9.17, 15) is 9.59 Å². The van der Waals surface area contributed by atoms with Crippen LogP contribution in [0.1, 0.15) is 18.9 Å². The van der Waals surface area contributed by atoms with Gasteiger partial charge in [0, 0.05) is 0 Å². The molecule has 0 aromatic heterocycles. The zero-order valence-electron chi connectivity index (χ0n) is 11.2. The van der Waals surface area contributed by atoms with Crippen molar-refractivity contribution in [3.05, 3.63) is 35.9 Å². The molecule has 106 valence electrons. The Balaban J connectivity index is 1.61. The molecule has 4 atom stereocenters. The number of alkyl carbamates (subject to hydrolysis) is 1. The van der Waals surface area contributed by atoms with Crippen molar-refractivity contribution in [3.8, 4) is 0 Å². The van der Waals surface area contributed by atoms with Crippen LogP contribution in [0.25, 0.3) is 0 Å². The van der Waals surface area contributed by atoms with E-state index in [1.807, 2.05) is 37.3 Å². The normalized spacial score (nSPS) is 31.4. The van der Waals surface area contributed by atoms with Gasteiger partial charge in [-0.2, -0.15) is 0 Å². The zero-order chi connectivity index (χ0) is 14.1. The highest BCUT2D eigenvalue weighted by Crippen LogP contribution is 2.37. The Morgan fingerprint density at radius 3 is 2.90 bits per heavy atom. The van der Waals surface area contributed by atoms with E-state index < -0.39 is 6.09 Å². The van der Waals surface area contributed by atoms with E-state index in [0.717, 1.165) is 5.56 Å². The van der Waals surface area contributed by atoms with Crippen molar-refractivity contribution >= 4 is 12.1 Å². The third-order valence-electron chi connectivity index (χ3n) is 4.03. The lowest BCUT2D eigenvalue weighted by Crippen LogP contribution is -2.38. The van der Waals surface area contributed by atoms with Gasteiger partial charge in [0.05, 0.1) is 12.0 Å². The molecule has 1 unspecified atom stereocenters. The third kappa shape index (κ3) is 2.35. The van der Waals surface area contributed by atoms with Gasteiger partial charge in [-0.1, -0.05) is 37.3 Å². The van der Waals surface area contributed by atoms with Crippen molar-refractivity contribution < 1.29 is 19.1 Å². The number of carbonyl (C=O) groups excluding carboxylic acids is 2. The van der Waals surface area contributed by atoms with Crippen LogP contribution in [-0.2, 0) is 20.9 Å². The number of hydrogen-bond acceptors (Lipinski definition) is 4. The fourth-order valence-electron chi connectivity index (χ4n) is 3.01. The number of rotatable bonds is 3. The minimum absolute atomic E-state index is 0.174. The van der Waals surface area contributed by atoms with E-state index in [4.69, 9.17) is 9.47 Å². The number of amides is 1. The van der Waals surface area contributed by atoms with E-state index in [2.05, 4.69) is 5.32 Å². The summed E-state index contributed by atoms with van der Waals surface area (Å²) in [4.78, 5) is 23.4. The summed E-state index contributed by atoms with van der Waals surface area (Å²) in [5.41, 5.74) is 0.954. The smallest absolute Gasteiger partial charge is 0.407 e. The van der Waals surface area contributed by atoms with Crippen LogP contribution in [0.4, 0.5) is 4.79 Å². The van der Waals surface area contributed by atoms with Gasteiger partial charge in [0.15, 0.2) is 0 Å². The third-order valence-corrected chi connectivity index (χ3v) is 4.03. The number of fused-ring (bicyclic) bond motifs is 1. The monoisotopic (exact) mass is 275 g/mol. The Labute approximate surface area is 117 Å². The quantitative estimate of drug-likeness (QED) is 0.855. The first-order valence-corrected chi connectivity index (χ1v) is 6.83. The first-order valence-electron chi connectivity index (χ1n) is 6.83. The summed E-state index contributed by atoms with van der Waals surface area (Å²) in [6, 6.07) is 9.30. The van der Waals surface area contributed by atoms with Gasteiger partial charge in [0.2, 0.25) is 0 Å². The standard InChI is InChI=1S/C15H17NO4/c1-9-7-11(12-13(9)20-15(18)16-12)14(17)19-8-10-5-3-2-4-6-10/h2-6,9,11-13H,7-8H2,1H3,(H,16,18)/t9-,11?,12-,13+/m0/s1. The Bertz CT molecular complexity index is 516. The lowest BCUT2D eigenvalue weighted by atomic mass is 10.0. The Hall–Kier alpha value is -2.04. The number of esters is 1. The van der Waals surface area contributed by atoms with Gasteiger partial charge in [0.1, 0.15) is 12.7 Å². The summed E-state index contributed by atoms with van der Waals surface area (Å²) in [6.45, 7) is 2.25. The molecule has 1 amide bonds. The lowest BCUT2D eigenvalue weighted by molar-refractivity contribution is -0.150. The second kappa shape index (κ2) is 5.15. The topological polar surface area (TPSA) is 64.6 Å². The van der Waals surface area contributed by atoms with E-state index in [-0.39, 0.29) is 36.6 Å². The molecule has 0 spiro atoms. The van der Waals surface area contributed by atoms with Crippen LogP contribution in [0.5, 0.6) is 0 Å². The minimum Gasteiger partial charge on any atom is -0.461 e. The SMILES string of the molecule is C[C@H]1CC(C(=O)OCc2ccccc2)[C@@H]2NC(=O)O[C@H]12. The molecule has 0 radical (unpaired) electrons. The fraction of sp³-hybridized carbons (Fsp3) is 0.467. The minimum atomic E-state index is -0.438. The van der Waals surface area contributed by atoms with Crippen LogP contribution in [0.2, 0.25) is 0 Å². The summed E-state index contributed by atoms with van der Waals surface area (Å²) in [5, 5.41) is 2.71. The maximum absolute atomic E-state index is 12.2. The maximum Gasteiger partial charge on any atom is 0.407 e. The molecule has 1 aromatic rings. The highest BCUT2D eigenvalue weighted by molar-refractivity contribution is 5.78. The summed E-state index contributed by atoms with van der Waals surface area (Å²) in [7, 11) is 0. The Morgan fingerprint density at radius 1 is 1.40 bits per heavy atom. The summed E-state index contributed by atoms with van der Waals surface area (Å²) >= 11 is 0. The molecule has 1 N–H and O–H groups in total. The van der Waals surface area contributed by atoms with Crippen molar-refractivity contribution in [1.29, 1.82) is 0 Å². The summed E-state index contributed by atoms with van der Waals surface area (Å²) < 4.78 is 10.5. The van der Waals surface area contributed by atoms with Crippen molar-refractivity contribution in [1.82, 2.24) is 5.32 Å². The molecule has 1 saturated carbocycles. The first kappa shape index (κ1) is 13.0. The number of benzene rings is 1. The number of ether oxygens (including phenoxy) is 2. The highest BCUT2D eigenvalue weighted by Gasteiger charge is 2.52.